The highest BCUT2D eigenvalue weighted by Crippen LogP contribution is 2.57. The number of rotatable bonds is 6. The molecule has 2 aliphatic rings. The third kappa shape index (κ3) is 2.77. The number of carboxylic acids is 2. The van der Waals surface area contributed by atoms with Gasteiger partial charge in [-0.2, -0.15) is 0 Å². The monoisotopic (exact) mass is 310 g/mol. The molecular weight excluding hydrogens is 280 g/mol. The van der Waals surface area contributed by atoms with Gasteiger partial charge >= 0.3 is 11.9 Å². The van der Waals surface area contributed by atoms with Crippen LogP contribution in [-0.4, -0.2) is 22.2 Å². The quantitative estimate of drug-likeness (QED) is 0.721. The Morgan fingerprint density at radius 2 is 1.59 bits per heavy atom. The van der Waals surface area contributed by atoms with E-state index in [2.05, 4.69) is 13.8 Å². The van der Waals surface area contributed by atoms with E-state index in [1.165, 1.54) is 0 Å². The van der Waals surface area contributed by atoms with Crippen LogP contribution in [0.4, 0.5) is 0 Å². The van der Waals surface area contributed by atoms with Crippen molar-refractivity contribution >= 4 is 11.9 Å². The first kappa shape index (κ1) is 17.3. The van der Waals surface area contributed by atoms with E-state index in [4.69, 9.17) is 0 Å². The molecule has 0 radical (unpaired) electrons. The van der Waals surface area contributed by atoms with Crippen molar-refractivity contribution in [2.75, 3.05) is 0 Å². The Labute approximate surface area is 133 Å². The van der Waals surface area contributed by atoms with E-state index in [1.54, 1.807) is 0 Å². The molecule has 2 saturated carbocycles. The van der Waals surface area contributed by atoms with Gasteiger partial charge in [0.25, 0.3) is 0 Å². The Morgan fingerprint density at radius 3 is 2.14 bits per heavy atom. The van der Waals surface area contributed by atoms with Crippen LogP contribution >= 0.6 is 0 Å². The highest BCUT2D eigenvalue weighted by molar-refractivity contribution is 5.98. The summed E-state index contributed by atoms with van der Waals surface area (Å²) in [6.45, 7) is 4.29. The van der Waals surface area contributed by atoms with E-state index >= 15 is 0 Å². The largest absolute Gasteiger partial charge is 0.480 e. The first-order chi connectivity index (χ1) is 10.5. The molecule has 0 bridgehead atoms. The number of hydrogen-bond acceptors (Lipinski definition) is 2. The van der Waals surface area contributed by atoms with Crippen molar-refractivity contribution < 1.29 is 19.8 Å². The Hall–Kier alpha value is -1.06. The lowest BCUT2D eigenvalue weighted by Crippen LogP contribution is -2.56. The Balaban J connectivity index is 2.43. The predicted octanol–water partition coefficient (Wildman–Crippen LogP) is 4.18. The summed E-state index contributed by atoms with van der Waals surface area (Å²) < 4.78 is 0. The van der Waals surface area contributed by atoms with Crippen molar-refractivity contribution in [3.8, 4) is 0 Å². The number of fused-ring (bicyclic) bond motifs is 1. The molecule has 2 N–H and O–H groups in total. The first-order valence-corrected chi connectivity index (χ1v) is 8.95. The summed E-state index contributed by atoms with van der Waals surface area (Å²) in [5.41, 5.74) is -1.55. The van der Waals surface area contributed by atoms with Crippen LogP contribution in [-0.2, 0) is 9.59 Å². The third-order valence-corrected chi connectivity index (χ3v) is 6.24. The van der Waals surface area contributed by atoms with Crippen LogP contribution in [0.15, 0.2) is 0 Å². The fourth-order valence-electron chi connectivity index (χ4n) is 5.40. The summed E-state index contributed by atoms with van der Waals surface area (Å²) in [7, 11) is 0. The Kier molecular flexibility index (Phi) is 5.51. The average molecular weight is 310 g/mol. The van der Waals surface area contributed by atoms with E-state index in [1.807, 2.05) is 0 Å². The number of aliphatic carboxylic acids is 2. The lowest BCUT2D eigenvalue weighted by atomic mass is 9.50. The zero-order valence-corrected chi connectivity index (χ0v) is 13.9. The molecule has 126 valence electrons. The highest BCUT2D eigenvalue weighted by atomic mass is 16.4. The van der Waals surface area contributed by atoms with Crippen LogP contribution in [0.2, 0.25) is 0 Å². The normalized spacial score (nSPS) is 33.9. The van der Waals surface area contributed by atoms with Gasteiger partial charge in [0.2, 0.25) is 0 Å². The van der Waals surface area contributed by atoms with Gasteiger partial charge in [0.15, 0.2) is 5.41 Å². The lowest BCUT2D eigenvalue weighted by Gasteiger charge is -2.52. The second-order valence-corrected chi connectivity index (χ2v) is 7.34. The molecule has 0 amide bonds. The maximum absolute atomic E-state index is 12.0. The summed E-state index contributed by atoms with van der Waals surface area (Å²) in [5.74, 6) is -1.34. The molecule has 2 rings (SSSR count). The zero-order chi connectivity index (χ0) is 16.3. The second-order valence-electron chi connectivity index (χ2n) is 7.34. The third-order valence-electron chi connectivity index (χ3n) is 6.24. The fraction of sp³-hybridized carbons (Fsp3) is 0.889. The van der Waals surface area contributed by atoms with Crippen LogP contribution in [0.1, 0.15) is 71.6 Å². The van der Waals surface area contributed by atoms with E-state index < -0.39 is 17.4 Å². The van der Waals surface area contributed by atoms with Crippen molar-refractivity contribution in [3.05, 3.63) is 0 Å². The van der Waals surface area contributed by atoms with E-state index in [-0.39, 0.29) is 17.8 Å². The maximum atomic E-state index is 12.0. The molecule has 0 aromatic rings. The average Bonchev–Trinajstić information content (AvgIpc) is 2.49. The molecule has 0 heterocycles. The van der Waals surface area contributed by atoms with Crippen LogP contribution < -0.4 is 0 Å². The summed E-state index contributed by atoms with van der Waals surface area (Å²) >= 11 is 0. The predicted molar refractivity (Wildman–Crippen MR) is 84.6 cm³/mol. The van der Waals surface area contributed by atoms with Crippen LogP contribution in [0.3, 0.4) is 0 Å². The summed E-state index contributed by atoms with van der Waals surface area (Å²) in [5, 5.41) is 19.6. The highest BCUT2D eigenvalue weighted by Gasteiger charge is 2.61. The SMILES string of the molecule is CCCC1CC(C(=O)O)(C(=O)O)C2CCCCC2C1CCC. The molecule has 2 aliphatic carbocycles. The van der Waals surface area contributed by atoms with Crippen molar-refractivity contribution in [2.24, 2.45) is 29.1 Å². The van der Waals surface area contributed by atoms with E-state index in [9.17, 15) is 19.8 Å². The number of carboxylic acid groups (broad SMARTS) is 2. The smallest absolute Gasteiger partial charge is 0.321 e. The first-order valence-electron chi connectivity index (χ1n) is 8.95. The van der Waals surface area contributed by atoms with Crippen LogP contribution in [0.25, 0.3) is 0 Å². The molecular formula is C18H30O4. The van der Waals surface area contributed by atoms with Gasteiger partial charge in [0, 0.05) is 0 Å². The van der Waals surface area contributed by atoms with Crippen molar-refractivity contribution in [1.82, 2.24) is 0 Å². The Morgan fingerprint density at radius 1 is 1.00 bits per heavy atom. The zero-order valence-electron chi connectivity index (χ0n) is 13.9. The summed E-state index contributed by atoms with van der Waals surface area (Å²) in [6.07, 6.45) is 8.37. The minimum absolute atomic E-state index is 0.180. The summed E-state index contributed by atoms with van der Waals surface area (Å²) in [4.78, 5) is 24.0. The molecule has 0 spiro atoms. The number of hydrogen-bond donors (Lipinski definition) is 2. The molecule has 0 aromatic carbocycles. The van der Waals surface area contributed by atoms with Crippen molar-refractivity contribution in [3.63, 3.8) is 0 Å². The molecule has 4 heteroatoms. The van der Waals surface area contributed by atoms with Crippen LogP contribution in [0, 0.1) is 29.1 Å². The molecule has 0 aliphatic heterocycles. The van der Waals surface area contributed by atoms with Crippen LogP contribution in [0.5, 0.6) is 0 Å². The van der Waals surface area contributed by atoms with Gasteiger partial charge in [0.05, 0.1) is 0 Å². The number of carbonyl (C=O) groups is 2. The molecule has 22 heavy (non-hydrogen) atoms. The molecule has 4 unspecified atom stereocenters. The Bertz CT molecular complexity index is 403. The molecule has 4 nitrogen and oxygen atoms in total. The minimum atomic E-state index is -1.55. The van der Waals surface area contributed by atoms with Gasteiger partial charge in [-0.05, 0) is 42.9 Å². The minimum Gasteiger partial charge on any atom is -0.480 e. The lowest BCUT2D eigenvalue weighted by molar-refractivity contribution is -0.183. The molecule has 0 saturated heterocycles. The van der Waals surface area contributed by atoms with E-state index in [0.29, 0.717) is 12.3 Å². The van der Waals surface area contributed by atoms with Gasteiger partial charge in [-0.15, -0.1) is 0 Å². The van der Waals surface area contributed by atoms with Gasteiger partial charge < -0.3 is 10.2 Å². The molecule has 2 fully saturated rings. The second kappa shape index (κ2) is 7.01. The van der Waals surface area contributed by atoms with Crippen molar-refractivity contribution in [2.45, 2.75) is 71.6 Å². The maximum Gasteiger partial charge on any atom is 0.321 e. The topological polar surface area (TPSA) is 74.6 Å². The van der Waals surface area contributed by atoms with Gasteiger partial charge in [-0.3, -0.25) is 9.59 Å². The molecule has 4 atom stereocenters. The van der Waals surface area contributed by atoms with Gasteiger partial charge in [-0.1, -0.05) is 52.4 Å². The van der Waals surface area contributed by atoms with E-state index in [0.717, 1.165) is 51.4 Å². The standard InChI is InChI=1S/C18H30O4/c1-3-7-12-11-18(16(19)20,17(21)22)15-10-6-5-9-14(15)13(12)8-4-2/h12-15H,3-11H2,1-2H3,(H,19,20)(H,21,22). The fourth-order valence-corrected chi connectivity index (χ4v) is 5.40. The summed E-state index contributed by atoms with van der Waals surface area (Å²) in [6, 6.07) is 0. The molecule has 0 aromatic heterocycles. The van der Waals surface area contributed by atoms with Gasteiger partial charge in [-0.25, -0.2) is 0 Å². The van der Waals surface area contributed by atoms with Crippen molar-refractivity contribution in [1.29, 1.82) is 0 Å². The van der Waals surface area contributed by atoms with Gasteiger partial charge in [0.1, 0.15) is 0 Å².